The second-order valence-electron chi connectivity index (χ2n) is 10.2. The van der Waals surface area contributed by atoms with E-state index in [2.05, 4.69) is 15.3 Å². The Bertz CT molecular complexity index is 1000. The summed E-state index contributed by atoms with van der Waals surface area (Å²) in [6.07, 6.45) is 8.19. The van der Waals surface area contributed by atoms with Gasteiger partial charge in [-0.25, -0.2) is 14.8 Å². The van der Waals surface area contributed by atoms with Crippen molar-refractivity contribution in [3.63, 3.8) is 0 Å². The van der Waals surface area contributed by atoms with Gasteiger partial charge in [0.05, 0.1) is 13.1 Å². The molecule has 3 saturated heterocycles. The van der Waals surface area contributed by atoms with Gasteiger partial charge in [0, 0.05) is 30.9 Å². The number of hydrogen-bond donors (Lipinski definition) is 2. The zero-order chi connectivity index (χ0) is 23.6. The first-order chi connectivity index (χ1) is 16.5. The number of quaternary nitrogens is 1. The van der Waals surface area contributed by atoms with Gasteiger partial charge in [-0.2, -0.15) is 0 Å². The number of nitrogens with one attached hydrogen (secondary N) is 1. The van der Waals surface area contributed by atoms with Crippen LogP contribution in [0.3, 0.4) is 0 Å². The summed E-state index contributed by atoms with van der Waals surface area (Å²) in [5.74, 6) is -0.0101. The van der Waals surface area contributed by atoms with Crippen molar-refractivity contribution in [2.45, 2.75) is 50.2 Å². The molecule has 2 aromatic rings. The number of amides is 1. The molecule has 1 saturated carbocycles. The second kappa shape index (κ2) is 9.43. The summed E-state index contributed by atoms with van der Waals surface area (Å²) in [7, 11) is 0. The Balaban J connectivity index is 1.30. The van der Waals surface area contributed by atoms with E-state index in [1.165, 1.54) is 6.33 Å². The maximum Gasteiger partial charge on any atom is 0.343 e. The molecule has 3 aliphatic heterocycles. The van der Waals surface area contributed by atoms with Crippen molar-refractivity contribution in [3.05, 3.63) is 54.5 Å². The van der Waals surface area contributed by atoms with E-state index in [0.717, 1.165) is 51.6 Å². The normalized spacial score (nSPS) is 28.3. The van der Waals surface area contributed by atoms with Crippen LogP contribution in [0.15, 0.2) is 48.9 Å². The van der Waals surface area contributed by atoms with E-state index in [4.69, 9.17) is 4.74 Å². The van der Waals surface area contributed by atoms with E-state index >= 15 is 0 Å². The second-order valence-corrected chi connectivity index (χ2v) is 10.2. The fourth-order valence-electron chi connectivity index (χ4n) is 6.21. The molecule has 6 rings (SSSR count). The SMILES string of the molecule is O=C(C[N+]12CCC(CC1)C(OC(=O)[C@](O)(c1ccccc1)C1CCCC1)C2)Nc1ccncn1. The van der Waals surface area contributed by atoms with E-state index < -0.39 is 11.6 Å². The third kappa shape index (κ3) is 4.44. The Labute approximate surface area is 199 Å². The van der Waals surface area contributed by atoms with Gasteiger partial charge in [-0.1, -0.05) is 43.2 Å². The Morgan fingerprint density at radius 3 is 2.50 bits per heavy atom. The lowest BCUT2D eigenvalue weighted by molar-refractivity contribution is -0.939. The van der Waals surface area contributed by atoms with Gasteiger partial charge in [-0.15, -0.1) is 0 Å². The summed E-state index contributed by atoms with van der Waals surface area (Å²) in [6, 6.07) is 10.9. The number of ether oxygens (including phenoxy) is 1. The molecule has 1 unspecified atom stereocenters. The van der Waals surface area contributed by atoms with Crippen LogP contribution in [0.5, 0.6) is 0 Å². The van der Waals surface area contributed by atoms with Gasteiger partial charge in [0.25, 0.3) is 5.91 Å². The highest BCUT2D eigenvalue weighted by molar-refractivity contribution is 5.90. The lowest BCUT2D eigenvalue weighted by Gasteiger charge is -2.51. The van der Waals surface area contributed by atoms with E-state index in [-0.39, 0.29) is 23.8 Å². The first-order valence-corrected chi connectivity index (χ1v) is 12.4. The number of aliphatic hydroxyl groups is 1. The molecule has 1 aliphatic carbocycles. The summed E-state index contributed by atoms with van der Waals surface area (Å²) < 4.78 is 6.72. The first kappa shape index (κ1) is 22.9. The molecule has 34 heavy (non-hydrogen) atoms. The Hall–Kier alpha value is -2.84. The van der Waals surface area contributed by atoms with Gasteiger partial charge < -0.3 is 19.6 Å². The lowest BCUT2D eigenvalue weighted by Crippen LogP contribution is -2.66. The molecule has 4 fully saturated rings. The number of aromatic nitrogens is 2. The molecule has 2 N–H and O–H groups in total. The molecule has 2 atom stereocenters. The smallest absolute Gasteiger partial charge is 0.343 e. The molecule has 2 bridgehead atoms. The standard InChI is InChI=1S/C26H32N4O4/c31-24(29-23-10-13-27-18-28-23)17-30-14-11-19(12-15-30)22(16-30)34-25(32)26(33,21-8-4-5-9-21)20-6-2-1-3-7-20/h1-3,6-7,10,13,18-19,21-22,33H,4-5,8-9,11-12,14-17H2/p+1/t19?,22?,26-,30?/m0/s1. The van der Waals surface area contributed by atoms with Gasteiger partial charge in [0.1, 0.15) is 18.7 Å². The number of nitrogens with zero attached hydrogens (tertiary/aromatic N) is 3. The largest absolute Gasteiger partial charge is 0.454 e. The number of carbonyl (C=O) groups excluding carboxylic acids is 2. The average molecular weight is 466 g/mol. The van der Waals surface area contributed by atoms with E-state index in [1.54, 1.807) is 12.3 Å². The molecular formula is C26H33N4O4+. The van der Waals surface area contributed by atoms with Gasteiger partial charge >= 0.3 is 5.97 Å². The van der Waals surface area contributed by atoms with Crippen molar-refractivity contribution in [2.75, 3.05) is 31.5 Å². The number of anilines is 1. The molecule has 180 valence electrons. The summed E-state index contributed by atoms with van der Waals surface area (Å²) in [4.78, 5) is 34.3. The van der Waals surface area contributed by atoms with E-state index in [0.29, 0.717) is 29.0 Å². The quantitative estimate of drug-likeness (QED) is 0.482. The average Bonchev–Trinajstić information content (AvgIpc) is 3.40. The van der Waals surface area contributed by atoms with Crippen LogP contribution in [0.2, 0.25) is 0 Å². The maximum absolute atomic E-state index is 13.6. The summed E-state index contributed by atoms with van der Waals surface area (Å²) in [6.45, 7) is 2.70. The fraction of sp³-hybridized carbons (Fsp3) is 0.538. The van der Waals surface area contributed by atoms with Gasteiger partial charge in [0.15, 0.2) is 18.2 Å². The van der Waals surface area contributed by atoms with Crippen LogP contribution in [-0.2, 0) is 19.9 Å². The number of rotatable bonds is 7. The van der Waals surface area contributed by atoms with Crippen LogP contribution in [0, 0.1) is 11.8 Å². The first-order valence-electron chi connectivity index (χ1n) is 12.4. The minimum Gasteiger partial charge on any atom is -0.454 e. The highest BCUT2D eigenvalue weighted by Crippen LogP contribution is 2.43. The third-order valence-electron chi connectivity index (χ3n) is 8.10. The van der Waals surface area contributed by atoms with Crippen LogP contribution in [0.4, 0.5) is 5.82 Å². The fourth-order valence-corrected chi connectivity index (χ4v) is 6.21. The summed E-state index contributed by atoms with van der Waals surface area (Å²) >= 11 is 0. The van der Waals surface area contributed by atoms with Crippen molar-refractivity contribution in [2.24, 2.45) is 11.8 Å². The third-order valence-corrected chi connectivity index (χ3v) is 8.10. The molecule has 8 heteroatoms. The molecule has 0 radical (unpaired) electrons. The number of fused-ring (bicyclic) bond motifs is 3. The van der Waals surface area contributed by atoms with Crippen LogP contribution < -0.4 is 5.32 Å². The molecular weight excluding hydrogens is 432 g/mol. The van der Waals surface area contributed by atoms with Crippen LogP contribution in [-0.4, -0.2) is 63.7 Å². The predicted molar refractivity (Wildman–Crippen MR) is 125 cm³/mol. The number of piperidine rings is 3. The van der Waals surface area contributed by atoms with Crippen molar-refractivity contribution in [3.8, 4) is 0 Å². The topological polar surface area (TPSA) is 101 Å². The predicted octanol–water partition coefficient (Wildman–Crippen LogP) is 2.65. The number of hydrogen-bond acceptors (Lipinski definition) is 6. The van der Waals surface area contributed by atoms with Crippen molar-refractivity contribution in [1.82, 2.24) is 9.97 Å². The minimum absolute atomic E-state index is 0.101. The molecule has 1 aromatic heterocycles. The van der Waals surface area contributed by atoms with Crippen LogP contribution in [0.1, 0.15) is 44.1 Å². The van der Waals surface area contributed by atoms with E-state index in [9.17, 15) is 14.7 Å². The highest BCUT2D eigenvalue weighted by atomic mass is 16.6. The zero-order valence-corrected chi connectivity index (χ0v) is 19.4. The van der Waals surface area contributed by atoms with Crippen LogP contribution in [0.25, 0.3) is 0 Å². The van der Waals surface area contributed by atoms with Gasteiger partial charge in [0.2, 0.25) is 0 Å². The van der Waals surface area contributed by atoms with Crippen molar-refractivity contribution < 1.29 is 23.9 Å². The van der Waals surface area contributed by atoms with Crippen molar-refractivity contribution in [1.29, 1.82) is 0 Å². The number of carbonyl (C=O) groups is 2. The molecule has 4 aliphatic rings. The van der Waals surface area contributed by atoms with Gasteiger partial charge in [-0.05, 0) is 24.5 Å². The summed E-state index contributed by atoms with van der Waals surface area (Å²) in [5.41, 5.74) is -1.01. The Kier molecular flexibility index (Phi) is 6.36. The highest BCUT2D eigenvalue weighted by Gasteiger charge is 2.53. The Morgan fingerprint density at radius 2 is 1.82 bits per heavy atom. The Morgan fingerprint density at radius 1 is 1.09 bits per heavy atom. The summed E-state index contributed by atoms with van der Waals surface area (Å²) in [5, 5.41) is 14.6. The molecule has 4 heterocycles. The number of benzene rings is 1. The number of esters is 1. The molecule has 1 aromatic carbocycles. The van der Waals surface area contributed by atoms with Crippen LogP contribution >= 0.6 is 0 Å². The minimum atomic E-state index is -1.63. The lowest BCUT2D eigenvalue weighted by atomic mass is 9.79. The van der Waals surface area contributed by atoms with E-state index in [1.807, 2.05) is 30.3 Å². The maximum atomic E-state index is 13.6. The zero-order valence-electron chi connectivity index (χ0n) is 19.4. The van der Waals surface area contributed by atoms with Crippen molar-refractivity contribution >= 4 is 17.7 Å². The molecule has 0 spiro atoms. The molecule has 8 nitrogen and oxygen atoms in total. The molecule has 1 amide bonds. The van der Waals surface area contributed by atoms with Gasteiger partial charge in [-0.3, -0.25) is 4.79 Å². The monoisotopic (exact) mass is 465 g/mol.